The van der Waals surface area contributed by atoms with E-state index >= 15 is 0 Å². The molecule has 1 N–H and O–H groups in total. The molecule has 7 nitrogen and oxygen atoms in total. The topological polar surface area (TPSA) is 96.5 Å². The van der Waals surface area contributed by atoms with Crippen LogP contribution in [0.5, 0.6) is 0 Å². The summed E-state index contributed by atoms with van der Waals surface area (Å²) in [5.74, 6) is 0.973. The summed E-state index contributed by atoms with van der Waals surface area (Å²) in [6.07, 6.45) is 3.56. The molecule has 0 spiro atoms. The minimum Gasteiger partial charge on any atom is -0.481 e. The van der Waals surface area contributed by atoms with Crippen molar-refractivity contribution in [3.05, 3.63) is 11.7 Å². The normalized spacial score (nSPS) is 18.4. The van der Waals surface area contributed by atoms with E-state index in [1.807, 2.05) is 18.7 Å². The average Bonchev–Trinajstić information content (AvgIpc) is 3.00. The third-order valence-electron chi connectivity index (χ3n) is 4.19. The van der Waals surface area contributed by atoms with Crippen molar-refractivity contribution < 1.29 is 19.2 Å². The minimum absolute atomic E-state index is 0.0781. The van der Waals surface area contributed by atoms with Crippen LogP contribution in [0, 0.1) is 5.92 Å². The Morgan fingerprint density at radius 2 is 2.17 bits per heavy atom. The highest BCUT2D eigenvalue weighted by Gasteiger charge is 2.24. The van der Waals surface area contributed by atoms with Gasteiger partial charge in [0.15, 0.2) is 5.82 Å². The van der Waals surface area contributed by atoms with Crippen LogP contribution < -0.4 is 0 Å². The Kier molecular flexibility index (Phi) is 6.12. The SMILES string of the molecule is CC(C)c1noc(CCC(=O)N2CCC[C@H](CCC(=O)O)C2)n1. The van der Waals surface area contributed by atoms with Gasteiger partial charge in [-0.2, -0.15) is 4.98 Å². The first kappa shape index (κ1) is 17.4. The number of hydrogen-bond donors (Lipinski definition) is 1. The first-order valence-corrected chi connectivity index (χ1v) is 8.27. The number of carbonyl (C=O) groups excluding carboxylic acids is 1. The van der Waals surface area contributed by atoms with Gasteiger partial charge in [-0.05, 0) is 25.2 Å². The van der Waals surface area contributed by atoms with Crippen molar-refractivity contribution in [1.82, 2.24) is 15.0 Å². The van der Waals surface area contributed by atoms with Crippen molar-refractivity contribution in [2.24, 2.45) is 5.92 Å². The van der Waals surface area contributed by atoms with Crippen molar-refractivity contribution in [1.29, 1.82) is 0 Å². The van der Waals surface area contributed by atoms with Crippen LogP contribution in [0.25, 0.3) is 0 Å². The number of nitrogens with zero attached hydrogens (tertiary/aromatic N) is 3. The Morgan fingerprint density at radius 3 is 2.83 bits per heavy atom. The van der Waals surface area contributed by atoms with Crippen LogP contribution in [0.2, 0.25) is 0 Å². The van der Waals surface area contributed by atoms with Crippen molar-refractivity contribution in [3.63, 3.8) is 0 Å². The van der Waals surface area contributed by atoms with Gasteiger partial charge in [0, 0.05) is 38.3 Å². The maximum atomic E-state index is 12.3. The molecule has 128 valence electrons. The number of carbonyl (C=O) groups is 2. The quantitative estimate of drug-likeness (QED) is 0.826. The predicted molar refractivity (Wildman–Crippen MR) is 82.9 cm³/mol. The summed E-state index contributed by atoms with van der Waals surface area (Å²) >= 11 is 0. The molecule has 1 amide bonds. The number of aryl methyl sites for hydroxylation is 1. The molecule has 0 bridgehead atoms. The van der Waals surface area contributed by atoms with Gasteiger partial charge < -0.3 is 14.5 Å². The molecule has 1 fully saturated rings. The molecular formula is C16H25N3O4. The Labute approximate surface area is 136 Å². The lowest BCUT2D eigenvalue weighted by atomic mass is 9.93. The Hall–Kier alpha value is -1.92. The van der Waals surface area contributed by atoms with E-state index in [9.17, 15) is 9.59 Å². The lowest BCUT2D eigenvalue weighted by Gasteiger charge is -2.32. The molecule has 1 aliphatic rings. The maximum absolute atomic E-state index is 12.3. The second kappa shape index (κ2) is 8.08. The van der Waals surface area contributed by atoms with Crippen molar-refractivity contribution in [3.8, 4) is 0 Å². The Balaban J connectivity index is 1.79. The van der Waals surface area contributed by atoms with E-state index in [-0.39, 0.29) is 18.2 Å². The first-order valence-electron chi connectivity index (χ1n) is 8.27. The fraction of sp³-hybridized carbons (Fsp3) is 0.750. The second-order valence-electron chi connectivity index (χ2n) is 6.48. The lowest BCUT2D eigenvalue weighted by molar-refractivity contribution is -0.137. The van der Waals surface area contributed by atoms with Gasteiger partial charge in [0.1, 0.15) is 0 Å². The third kappa shape index (κ3) is 5.33. The Bertz CT molecular complexity index is 541. The van der Waals surface area contributed by atoms with E-state index in [1.165, 1.54) is 0 Å². The highest BCUT2D eigenvalue weighted by atomic mass is 16.5. The van der Waals surface area contributed by atoms with Gasteiger partial charge >= 0.3 is 5.97 Å². The van der Waals surface area contributed by atoms with E-state index in [0.29, 0.717) is 43.4 Å². The highest BCUT2D eigenvalue weighted by Crippen LogP contribution is 2.22. The molecular weight excluding hydrogens is 298 g/mol. The van der Waals surface area contributed by atoms with Crippen molar-refractivity contribution >= 4 is 11.9 Å². The highest BCUT2D eigenvalue weighted by molar-refractivity contribution is 5.76. The largest absolute Gasteiger partial charge is 0.481 e. The van der Waals surface area contributed by atoms with Crippen LogP contribution in [0.4, 0.5) is 0 Å². The maximum Gasteiger partial charge on any atom is 0.303 e. The zero-order chi connectivity index (χ0) is 16.8. The number of carboxylic acids is 1. The van der Waals surface area contributed by atoms with Crippen LogP contribution in [0.3, 0.4) is 0 Å². The van der Waals surface area contributed by atoms with Crippen LogP contribution in [0.1, 0.15) is 63.6 Å². The molecule has 1 aromatic rings. The number of amides is 1. The fourth-order valence-corrected chi connectivity index (χ4v) is 2.83. The summed E-state index contributed by atoms with van der Waals surface area (Å²) in [4.78, 5) is 29.1. The standard InChI is InChI=1S/C16H25N3O4/c1-11(2)16-17-13(23-18-16)6-7-14(20)19-9-3-4-12(10-19)5-8-15(21)22/h11-12H,3-10H2,1-2H3,(H,21,22)/t12-/m1/s1. The molecule has 1 atom stereocenters. The van der Waals surface area contributed by atoms with Gasteiger partial charge in [-0.15, -0.1) is 0 Å². The molecule has 7 heteroatoms. The minimum atomic E-state index is -0.772. The summed E-state index contributed by atoms with van der Waals surface area (Å²) in [5.41, 5.74) is 0. The van der Waals surface area contributed by atoms with Gasteiger partial charge in [-0.3, -0.25) is 9.59 Å². The van der Waals surface area contributed by atoms with Gasteiger partial charge in [0.2, 0.25) is 11.8 Å². The second-order valence-corrected chi connectivity index (χ2v) is 6.48. The summed E-state index contributed by atoms with van der Waals surface area (Å²) in [6, 6.07) is 0. The molecule has 23 heavy (non-hydrogen) atoms. The third-order valence-corrected chi connectivity index (χ3v) is 4.19. The molecule has 1 aliphatic heterocycles. The van der Waals surface area contributed by atoms with E-state index in [1.54, 1.807) is 0 Å². The molecule has 0 saturated carbocycles. The average molecular weight is 323 g/mol. The molecule has 0 radical (unpaired) electrons. The first-order chi connectivity index (χ1) is 11.0. The zero-order valence-corrected chi connectivity index (χ0v) is 13.8. The molecule has 0 unspecified atom stereocenters. The molecule has 0 aliphatic carbocycles. The van der Waals surface area contributed by atoms with Gasteiger partial charge in [0.05, 0.1) is 0 Å². The van der Waals surface area contributed by atoms with Crippen molar-refractivity contribution in [2.75, 3.05) is 13.1 Å². The van der Waals surface area contributed by atoms with Crippen molar-refractivity contribution in [2.45, 2.75) is 58.3 Å². The van der Waals surface area contributed by atoms with E-state index in [0.717, 1.165) is 19.4 Å². The van der Waals surface area contributed by atoms with Crippen LogP contribution in [-0.2, 0) is 16.0 Å². The van der Waals surface area contributed by atoms with Crippen LogP contribution in [0.15, 0.2) is 4.52 Å². The molecule has 1 aromatic heterocycles. The van der Waals surface area contributed by atoms with Gasteiger partial charge in [0.25, 0.3) is 0 Å². The number of likely N-dealkylation sites (tertiary alicyclic amines) is 1. The summed E-state index contributed by atoms with van der Waals surface area (Å²) in [7, 11) is 0. The summed E-state index contributed by atoms with van der Waals surface area (Å²) in [5, 5.41) is 12.7. The van der Waals surface area contributed by atoms with Gasteiger partial charge in [-0.25, -0.2) is 0 Å². The van der Waals surface area contributed by atoms with E-state index < -0.39 is 5.97 Å². The molecule has 1 saturated heterocycles. The monoisotopic (exact) mass is 323 g/mol. The fourth-order valence-electron chi connectivity index (χ4n) is 2.83. The van der Waals surface area contributed by atoms with Gasteiger partial charge in [-0.1, -0.05) is 19.0 Å². The number of carboxylic acid groups (broad SMARTS) is 1. The summed E-state index contributed by atoms with van der Waals surface area (Å²) < 4.78 is 5.15. The Morgan fingerprint density at radius 1 is 1.39 bits per heavy atom. The molecule has 2 rings (SSSR count). The van der Waals surface area contributed by atoms with E-state index in [4.69, 9.17) is 9.63 Å². The number of piperidine rings is 1. The number of aromatic nitrogens is 2. The molecule has 0 aromatic carbocycles. The lowest BCUT2D eigenvalue weighted by Crippen LogP contribution is -2.40. The van der Waals surface area contributed by atoms with Crippen LogP contribution >= 0.6 is 0 Å². The van der Waals surface area contributed by atoms with Crippen LogP contribution in [-0.4, -0.2) is 45.1 Å². The number of hydrogen-bond acceptors (Lipinski definition) is 5. The molecule has 2 heterocycles. The number of aliphatic carboxylic acids is 1. The number of rotatable bonds is 7. The summed E-state index contributed by atoms with van der Waals surface area (Å²) in [6.45, 7) is 5.40. The predicted octanol–water partition coefficient (Wildman–Crippen LogP) is 2.23. The smallest absolute Gasteiger partial charge is 0.303 e. The van der Waals surface area contributed by atoms with E-state index in [2.05, 4.69) is 10.1 Å². The zero-order valence-electron chi connectivity index (χ0n) is 13.8.